The molecule has 0 aliphatic rings. The zero-order chi connectivity index (χ0) is 17.9. The first-order valence-electron chi connectivity index (χ1n) is 8.14. The summed E-state index contributed by atoms with van der Waals surface area (Å²) in [7, 11) is 0. The van der Waals surface area contributed by atoms with Gasteiger partial charge >= 0.3 is 0 Å². The molecule has 0 spiro atoms. The SMILES string of the molecule is C=C(/C=C\N=C/C)NC(=O)c1ccccc1NCCCn1ccnc1. The molecule has 6 nitrogen and oxygen atoms in total. The number of carbonyl (C=O) groups excluding carboxylic acids is 1. The molecule has 1 amide bonds. The zero-order valence-corrected chi connectivity index (χ0v) is 14.4. The largest absolute Gasteiger partial charge is 0.384 e. The van der Waals surface area contributed by atoms with E-state index in [4.69, 9.17) is 0 Å². The maximum Gasteiger partial charge on any atom is 0.257 e. The fraction of sp³-hybridized carbons (Fsp3) is 0.211. The molecule has 2 aromatic rings. The normalized spacial score (nSPS) is 11.1. The third kappa shape index (κ3) is 6.10. The molecule has 1 aromatic carbocycles. The van der Waals surface area contributed by atoms with Crippen molar-refractivity contribution >= 4 is 17.8 Å². The van der Waals surface area contributed by atoms with E-state index in [1.165, 1.54) is 0 Å². The molecule has 2 rings (SSSR count). The van der Waals surface area contributed by atoms with Crippen LogP contribution in [-0.2, 0) is 6.54 Å². The van der Waals surface area contributed by atoms with Crippen LogP contribution in [0.25, 0.3) is 0 Å². The molecular weight excluding hydrogens is 314 g/mol. The van der Waals surface area contributed by atoms with Gasteiger partial charge in [0.15, 0.2) is 0 Å². The lowest BCUT2D eigenvalue weighted by Gasteiger charge is -2.12. The molecule has 1 aromatic heterocycles. The predicted molar refractivity (Wildman–Crippen MR) is 102 cm³/mol. The molecule has 130 valence electrons. The van der Waals surface area contributed by atoms with Crippen LogP contribution < -0.4 is 10.6 Å². The number of hydrogen-bond acceptors (Lipinski definition) is 4. The molecule has 0 fully saturated rings. The minimum atomic E-state index is -0.201. The van der Waals surface area contributed by atoms with Crippen LogP contribution in [0.3, 0.4) is 0 Å². The van der Waals surface area contributed by atoms with Crippen molar-refractivity contribution in [3.05, 3.63) is 73.1 Å². The highest BCUT2D eigenvalue weighted by Gasteiger charge is 2.10. The summed E-state index contributed by atoms with van der Waals surface area (Å²) in [6.07, 6.45) is 11.3. The van der Waals surface area contributed by atoms with Crippen molar-refractivity contribution in [2.24, 2.45) is 4.99 Å². The number of benzene rings is 1. The van der Waals surface area contributed by atoms with Crippen molar-refractivity contribution < 1.29 is 4.79 Å². The number of aliphatic imine (C=N–C) groups is 1. The summed E-state index contributed by atoms with van der Waals surface area (Å²) in [6, 6.07) is 7.42. The van der Waals surface area contributed by atoms with Gasteiger partial charge in [0.2, 0.25) is 0 Å². The number of nitrogens with zero attached hydrogens (tertiary/aromatic N) is 3. The number of imidazole rings is 1. The Balaban J connectivity index is 1.90. The molecule has 1 heterocycles. The van der Waals surface area contributed by atoms with Crippen LogP contribution in [0.15, 0.2) is 72.5 Å². The number of carbonyl (C=O) groups is 1. The lowest BCUT2D eigenvalue weighted by atomic mass is 10.1. The highest BCUT2D eigenvalue weighted by Crippen LogP contribution is 2.15. The van der Waals surface area contributed by atoms with Crippen molar-refractivity contribution in [3.8, 4) is 0 Å². The van der Waals surface area contributed by atoms with E-state index in [9.17, 15) is 4.79 Å². The Morgan fingerprint density at radius 3 is 3.00 bits per heavy atom. The highest BCUT2D eigenvalue weighted by atomic mass is 16.1. The van der Waals surface area contributed by atoms with Crippen LogP contribution in [-0.4, -0.2) is 28.2 Å². The van der Waals surface area contributed by atoms with E-state index in [0.717, 1.165) is 25.2 Å². The van der Waals surface area contributed by atoms with Gasteiger partial charge in [-0.3, -0.25) is 9.79 Å². The summed E-state index contributed by atoms with van der Waals surface area (Å²) < 4.78 is 2.02. The molecule has 2 N–H and O–H groups in total. The average Bonchev–Trinajstić information content (AvgIpc) is 3.12. The Hall–Kier alpha value is -3.15. The molecule has 0 saturated heterocycles. The Kier molecular flexibility index (Phi) is 7.18. The van der Waals surface area contributed by atoms with Gasteiger partial charge < -0.3 is 15.2 Å². The van der Waals surface area contributed by atoms with Gasteiger partial charge in [0, 0.05) is 49.3 Å². The number of allylic oxidation sites excluding steroid dienone is 1. The monoisotopic (exact) mass is 337 g/mol. The van der Waals surface area contributed by atoms with Gasteiger partial charge in [0.05, 0.1) is 11.9 Å². The van der Waals surface area contributed by atoms with Crippen LogP contribution in [0.1, 0.15) is 23.7 Å². The molecule has 0 bridgehead atoms. The molecule has 0 aliphatic carbocycles. The first-order valence-corrected chi connectivity index (χ1v) is 8.14. The summed E-state index contributed by atoms with van der Waals surface area (Å²) in [6.45, 7) is 7.26. The standard InChI is InChI=1S/C19H23N5O/c1-3-20-11-9-16(2)23-19(25)17-7-4-5-8-18(17)22-10-6-13-24-14-12-21-15-24/h3-5,7-9,11-12,14-15,22H,2,6,10,13H2,1H3,(H,23,25)/b11-9-,20-3-. The first-order chi connectivity index (χ1) is 12.2. The van der Waals surface area contributed by atoms with Crippen molar-refractivity contribution in [2.45, 2.75) is 19.9 Å². The van der Waals surface area contributed by atoms with E-state index in [1.807, 2.05) is 35.9 Å². The van der Waals surface area contributed by atoms with Crippen LogP contribution >= 0.6 is 0 Å². The molecule has 0 unspecified atom stereocenters. The fourth-order valence-corrected chi connectivity index (χ4v) is 2.21. The lowest BCUT2D eigenvalue weighted by molar-refractivity contribution is 0.0968. The van der Waals surface area contributed by atoms with Crippen molar-refractivity contribution in [3.63, 3.8) is 0 Å². The summed E-state index contributed by atoms with van der Waals surface area (Å²) in [4.78, 5) is 20.4. The van der Waals surface area contributed by atoms with Gasteiger partial charge in [0.1, 0.15) is 0 Å². The molecule has 25 heavy (non-hydrogen) atoms. The maximum absolute atomic E-state index is 12.4. The van der Waals surface area contributed by atoms with E-state index in [1.54, 1.807) is 37.1 Å². The Labute approximate surface area is 148 Å². The number of amides is 1. The van der Waals surface area contributed by atoms with Gasteiger partial charge in [-0.2, -0.15) is 0 Å². The van der Waals surface area contributed by atoms with Crippen molar-refractivity contribution in [1.82, 2.24) is 14.9 Å². The van der Waals surface area contributed by atoms with Crippen molar-refractivity contribution in [2.75, 3.05) is 11.9 Å². The van der Waals surface area contributed by atoms with Crippen molar-refractivity contribution in [1.29, 1.82) is 0 Å². The van der Waals surface area contributed by atoms with E-state index in [2.05, 4.69) is 27.2 Å². The van der Waals surface area contributed by atoms with E-state index in [0.29, 0.717) is 11.3 Å². The Bertz CT molecular complexity index is 747. The van der Waals surface area contributed by atoms with Gasteiger partial charge in [-0.1, -0.05) is 18.7 Å². The van der Waals surface area contributed by atoms with Gasteiger partial charge in [-0.05, 0) is 31.6 Å². The number of aryl methyl sites for hydroxylation is 1. The van der Waals surface area contributed by atoms with Gasteiger partial charge in [-0.15, -0.1) is 0 Å². The van der Waals surface area contributed by atoms with Crippen LogP contribution in [0.2, 0.25) is 0 Å². The molecule has 0 radical (unpaired) electrons. The number of hydrogen-bond donors (Lipinski definition) is 2. The summed E-state index contributed by atoms with van der Waals surface area (Å²) >= 11 is 0. The quantitative estimate of drug-likeness (QED) is 0.419. The Morgan fingerprint density at radius 2 is 2.24 bits per heavy atom. The predicted octanol–water partition coefficient (Wildman–Crippen LogP) is 3.23. The number of para-hydroxylation sites is 1. The highest BCUT2D eigenvalue weighted by molar-refractivity contribution is 6.00. The van der Waals surface area contributed by atoms with Crippen LogP contribution in [0.4, 0.5) is 5.69 Å². The maximum atomic E-state index is 12.4. The molecule has 0 saturated carbocycles. The average molecular weight is 337 g/mol. The number of rotatable bonds is 9. The second-order valence-corrected chi connectivity index (χ2v) is 5.33. The second kappa shape index (κ2) is 9.87. The van der Waals surface area contributed by atoms with E-state index in [-0.39, 0.29) is 5.91 Å². The summed E-state index contributed by atoms with van der Waals surface area (Å²) in [5.41, 5.74) is 1.87. The first kappa shape index (κ1) is 18.2. The van der Waals surface area contributed by atoms with E-state index < -0.39 is 0 Å². The molecular formula is C19H23N5O. The zero-order valence-electron chi connectivity index (χ0n) is 14.4. The summed E-state index contributed by atoms with van der Waals surface area (Å²) in [5, 5.41) is 6.08. The van der Waals surface area contributed by atoms with E-state index >= 15 is 0 Å². The van der Waals surface area contributed by atoms with Crippen LogP contribution in [0, 0.1) is 0 Å². The van der Waals surface area contributed by atoms with Gasteiger partial charge in [-0.25, -0.2) is 4.98 Å². The molecule has 0 atom stereocenters. The Morgan fingerprint density at radius 1 is 1.40 bits per heavy atom. The smallest absolute Gasteiger partial charge is 0.257 e. The lowest BCUT2D eigenvalue weighted by Crippen LogP contribution is -2.22. The minimum absolute atomic E-state index is 0.201. The number of nitrogens with one attached hydrogen (secondary N) is 2. The summed E-state index contributed by atoms with van der Waals surface area (Å²) in [5.74, 6) is -0.201. The van der Waals surface area contributed by atoms with Crippen LogP contribution in [0.5, 0.6) is 0 Å². The fourth-order valence-electron chi connectivity index (χ4n) is 2.21. The molecule has 6 heteroatoms. The molecule has 0 aliphatic heterocycles. The third-order valence-electron chi connectivity index (χ3n) is 3.42. The minimum Gasteiger partial charge on any atom is -0.384 e. The topological polar surface area (TPSA) is 71.3 Å². The second-order valence-electron chi connectivity index (χ2n) is 5.33. The third-order valence-corrected chi connectivity index (χ3v) is 3.42. The number of anilines is 1. The number of aromatic nitrogens is 2. The van der Waals surface area contributed by atoms with Gasteiger partial charge in [0.25, 0.3) is 5.91 Å².